The Labute approximate surface area is 127 Å². The lowest BCUT2D eigenvalue weighted by atomic mass is 9.96. The van der Waals surface area contributed by atoms with Gasteiger partial charge in [0.2, 0.25) is 5.91 Å². The van der Waals surface area contributed by atoms with Crippen LogP contribution in [0.25, 0.3) is 0 Å². The summed E-state index contributed by atoms with van der Waals surface area (Å²) in [5.41, 5.74) is 3.00. The fourth-order valence-corrected chi connectivity index (χ4v) is 3.49. The number of rotatable bonds is 5. The first kappa shape index (κ1) is 16.0. The predicted molar refractivity (Wildman–Crippen MR) is 86.4 cm³/mol. The number of carbonyl (C=O) groups excluding carboxylic acids is 1. The number of fused-ring (bicyclic) bond motifs is 1. The molecular weight excluding hydrogens is 287 g/mol. The Kier molecular flexibility index (Phi) is 4.73. The summed E-state index contributed by atoms with van der Waals surface area (Å²) in [5, 5.41) is 0. The molecule has 1 unspecified atom stereocenters. The lowest BCUT2D eigenvalue weighted by Crippen LogP contribution is -2.35. The van der Waals surface area contributed by atoms with Gasteiger partial charge in [0.1, 0.15) is 0 Å². The van der Waals surface area contributed by atoms with Gasteiger partial charge in [-0.05, 0) is 37.0 Å². The SMILES string of the molecule is BS(=O)(=O)NC(C)c1ccc2c(c1)CCC(=O)N2CCC. The van der Waals surface area contributed by atoms with Crippen molar-refractivity contribution in [1.82, 2.24) is 4.72 Å². The fourth-order valence-electron chi connectivity index (χ4n) is 2.71. The summed E-state index contributed by atoms with van der Waals surface area (Å²) in [6.45, 7) is 4.59. The molecule has 0 bridgehead atoms. The normalized spacial score (nSPS) is 16.7. The molecule has 2 rings (SSSR count). The number of aryl methyl sites for hydroxylation is 1. The second-order valence-electron chi connectivity index (χ2n) is 5.55. The minimum Gasteiger partial charge on any atom is -0.312 e. The minimum absolute atomic E-state index is 0.166. The summed E-state index contributed by atoms with van der Waals surface area (Å²) >= 11 is 0. The van der Waals surface area contributed by atoms with Crippen molar-refractivity contribution in [3.8, 4) is 0 Å². The van der Waals surface area contributed by atoms with Gasteiger partial charge < -0.3 is 4.90 Å². The highest BCUT2D eigenvalue weighted by Crippen LogP contribution is 2.30. The molecule has 114 valence electrons. The third kappa shape index (κ3) is 3.86. The number of nitrogens with one attached hydrogen (secondary N) is 1. The third-order valence-corrected chi connectivity index (χ3v) is 4.42. The standard InChI is InChI=1S/C14H21BN2O3S/c1-3-8-17-13-6-4-11(10(2)16-21(15,19)20)9-12(13)5-7-14(17)18/h4,6,9-10,16H,3,5,7-8,15H2,1-2H3. The van der Waals surface area contributed by atoms with Crippen LogP contribution in [-0.4, -0.2) is 28.0 Å². The summed E-state index contributed by atoms with van der Waals surface area (Å²) in [4.78, 5) is 13.8. The Bertz CT molecular complexity index is 646. The molecule has 0 saturated heterocycles. The Balaban J connectivity index is 2.29. The summed E-state index contributed by atoms with van der Waals surface area (Å²) in [7, 11) is -2.08. The molecule has 1 aliphatic heterocycles. The average molecular weight is 308 g/mol. The van der Waals surface area contributed by atoms with Gasteiger partial charge in [-0.3, -0.25) is 4.79 Å². The van der Waals surface area contributed by atoms with Crippen LogP contribution in [0.5, 0.6) is 0 Å². The highest BCUT2D eigenvalue weighted by atomic mass is 32.2. The van der Waals surface area contributed by atoms with Gasteiger partial charge in [0, 0.05) is 24.7 Å². The van der Waals surface area contributed by atoms with E-state index in [1.807, 2.05) is 36.9 Å². The van der Waals surface area contributed by atoms with E-state index in [-0.39, 0.29) is 11.9 Å². The number of benzene rings is 1. The first-order valence-corrected chi connectivity index (χ1v) is 9.11. The molecule has 1 amide bonds. The van der Waals surface area contributed by atoms with Crippen molar-refractivity contribution in [2.75, 3.05) is 11.4 Å². The van der Waals surface area contributed by atoms with Crippen LogP contribution in [0.3, 0.4) is 0 Å². The molecule has 0 aliphatic carbocycles. The maximum atomic E-state index is 12.0. The van der Waals surface area contributed by atoms with E-state index in [0.717, 1.165) is 36.9 Å². The molecular formula is C14H21BN2O3S. The van der Waals surface area contributed by atoms with E-state index in [2.05, 4.69) is 4.72 Å². The number of carbonyl (C=O) groups is 1. The third-order valence-electron chi connectivity index (χ3n) is 3.64. The van der Waals surface area contributed by atoms with Crippen LogP contribution in [0.1, 0.15) is 43.9 Å². The lowest BCUT2D eigenvalue weighted by Gasteiger charge is -2.30. The number of nitrogens with zero attached hydrogens (tertiary/aromatic N) is 1. The molecule has 1 aromatic carbocycles. The van der Waals surface area contributed by atoms with E-state index >= 15 is 0 Å². The number of amides is 1. The van der Waals surface area contributed by atoms with Crippen molar-refractivity contribution in [2.24, 2.45) is 0 Å². The van der Waals surface area contributed by atoms with E-state index in [1.165, 1.54) is 0 Å². The number of anilines is 1. The van der Waals surface area contributed by atoms with Gasteiger partial charge >= 0.3 is 0 Å². The molecule has 0 spiro atoms. The van der Waals surface area contributed by atoms with Crippen LogP contribution in [0, 0.1) is 0 Å². The summed E-state index contributed by atoms with van der Waals surface area (Å²) in [6.07, 6.45) is 2.15. The highest BCUT2D eigenvalue weighted by molar-refractivity contribution is 8.10. The Morgan fingerprint density at radius 1 is 1.38 bits per heavy atom. The molecule has 1 heterocycles. The van der Waals surface area contributed by atoms with Crippen LogP contribution < -0.4 is 9.62 Å². The van der Waals surface area contributed by atoms with Crippen LogP contribution >= 0.6 is 0 Å². The van der Waals surface area contributed by atoms with E-state index in [9.17, 15) is 13.2 Å². The zero-order valence-electron chi connectivity index (χ0n) is 12.7. The molecule has 21 heavy (non-hydrogen) atoms. The van der Waals surface area contributed by atoms with Crippen LogP contribution in [0.15, 0.2) is 18.2 Å². The lowest BCUT2D eigenvalue weighted by molar-refractivity contribution is -0.118. The first-order chi connectivity index (χ1) is 9.81. The van der Waals surface area contributed by atoms with Crippen LogP contribution in [0.2, 0.25) is 0 Å². The minimum atomic E-state index is -3.24. The van der Waals surface area contributed by atoms with Crippen molar-refractivity contribution in [2.45, 2.75) is 39.2 Å². The van der Waals surface area contributed by atoms with Crippen molar-refractivity contribution in [3.63, 3.8) is 0 Å². The molecule has 5 nitrogen and oxygen atoms in total. The maximum absolute atomic E-state index is 12.0. The summed E-state index contributed by atoms with van der Waals surface area (Å²) in [6, 6.07) is 5.55. The molecule has 1 aliphatic rings. The highest BCUT2D eigenvalue weighted by Gasteiger charge is 2.24. The molecule has 0 radical (unpaired) electrons. The molecule has 0 saturated carbocycles. The van der Waals surface area contributed by atoms with Crippen molar-refractivity contribution >= 4 is 28.6 Å². The van der Waals surface area contributed by atoms with E-state index < -0.39 is 9.87 Å². The molecule has 7 heteroatoms. The van der Waals surface area contributed by atoms with Crippen molar-refractivity contribution in [3.05, 3.63) is 29.3 Å². The monoisotopic (exact) mass is 308 g/mol. The van der Waals surface area contributed by atoms with Gasteiger partial charge in [-0.25, -0.2) is 13.1 Å². The molecule has 1 atom stereocenters. The Morgan fingerprint density at radius 3 is 2.71 bits per heavy atom. The molecule has 0 fully saturated rings. The molecule has 0 aromatic heterocycles. The van der Waals surface area contributed by atoms with E-state index in [1.54, 1.807) is 0 Å². The number of hydrogen-bond acceptors (Lipinski definition) is 3. The Morgan fingerprint density at radius 2 is 2.10 bits per heavy atom. The van der Waals surface area contributed by atoms with Crippen molar-refractivity contribution < 1.29 is 13.2 Å². The largest absolute Gasteiger partial charge is 0.312 e. The summed E-state index contributed by atoms with van der Waals surface area (Å²) in [5.74, 6) is 0.166. The second-order valence-corrected chi connectivity index (χ2v) is 7.33. The van der Waals surface area contributed by atoms with Crippen LogP contribution in [0.4, 0.5) is 5.69 Å². The predicted octanol–water partition coefficient (Wildman–Crippen LogP) is 0.904. The average Bonchev–Trinajstić information content (AvgIpc) is 2.39. The maximum Gasteiger partial charge on any atom is 0.275 e. The number of hydrogen-bond donors (Lipinski definition) is 1. The second kappa shape index (κ2) is 6.19. The van der Waals surface area contributed by atoms with Gasteiger partial charge in [-0.2, -0.15) is 0 Å². The molecule has 1 N–H and O–H groups in total. The zero-order chi connectivity index (χ0) is 15.6. The smallest absolute Gasteiger partial charge is 0.275 e. The van der Waals surface area contributed by atoms with Crippen LogP contribution in [-0.2, 0) is 21.1 Å². The topological polar surface area (TPSA) is 66.5 Å². The molecule has 1 aromatic rings. The van der Waals surface area contributed by atoms with Gasteiger partial charge in [-0.1, -0.05) is 19.1 Å². The van der Waals surface area contributed by atoms with Crippen molar-refractivity contribution in [1.29, 1.82) is 0 Å². The zero-order valence-corrected chi connectivity index (χ0v) is 13.5. The van der Waals surface area contributed by atoms with Gasteiger partial charge in [-0.15, -0.1) is 0 Å². The van der Waals surface area contributed by atoms with Gasteiger partial charge in [0.05, 0.1) is 0 Å². The van der Waals surface area contributed by atoms with Gasteiger partial charge in [0.25, 0.3) is 7.12 Å². The van der Waals surface area contributed by atoms with Gasteiger partial charge in [0.15, 0.2) is 9.87 Å². The Hall–Kier alpha value is -1.34. The van der Waals surface area contributed by atoms with E-state index in [4.69, 9.17) is 0 Å². The van der Waals surface area contributed by atoms with E-state index in [0.29, 0.717) is 12.8 Å². The fraction of sp³-hybridized carbons (Fsp3) is 0.500. The summed E-state index contributed by atoms with van der Waals surface area (Å²) < 4.78 is 25.2. The first-order valence-electron chi connectivity index (χ1n) is 7.22. The quantitative estimate of drug-likeness (QED) is 0.822.